The molecule has 1 aromatic rings. The highest BCUT2D eigenvalue weighted by atomic mass is 19.3. The van der Waals surface area contributed by atoms with Crippen LogP contribution in [0.2, 0.25) is 0 Å². The molecule has 1 atom stereocenters. The van der Waals surface area contributed by atoms with Crippen molar-refractivity contribution in [2.24, 2.45) is 0 Å². The van der Waals surface area contributed by atoms with Crippen LogP contribution in [0.4, 0.5) is 8.78 Å². The molecule has 0 spiro atoms. The molecule has 0 fully saturated rings. The molecular weight excluding hydrogens is 190 g/mol. The summed E-state index contributed by atoms with van der Waals surface area (Å²) < 4.78 is 28.4. The highest BCUT2D eigenvalue weighted by molar-refractivity contribution is 5.29. The molecule has 0 heterocycles. The molecule has 1 rings (SSSR count). The number of rotatable bonds is 4. The predicted octanol–water partition coefficient (Wildman–Crippen LogP) is 2.38. The van der Waals surface area contributed by atoms with Crippen LogP contribution in [0.3, 0.4) is 0 Å². The van der Waals surface area contributed by atoms with Crippen molar-refractivity contribution in [3.05, 3.63) is 29.8 Å². The van der Waals surface area contributed by atoms with E-state index in [1.54, 1.807) is 31.2 Å². The molecule has 0 aliphatic heterocycles. The van der Waals surface area contributed by atoms with E-state index in [1.807, 2.05) is 0 Å². The SMILES string of the molecule is C[C@@H](O)c1cccc(OCC(F)F)c1. The zero-order valence-corrected chi connectivity index (χ0v) is 7.78. The molecule has 0 aromatic heterocycles. The van der Waals surface area contributed by atoms with Crippen molar-refractivity contribution in [1.29, 1.82) is 0 Å². The van der Waals surface area contributed by atoms with Crippen molar-refractivity contribution in [2.45, 2.75) is 19.5 Å². The minimum Gasteiger partial charge on any atom is -0.488 e. The number of halogens is 2. The first-order chi connectivity index (χ1) is 6.59. The number of hydrogen-bond donors (Lipinski definition) is 1. The summed E-state index contributed by atoms with van der Waals surface area (Å²) in [7, 11) is 0. The topological polar surface area (TPSA) is 29.5 Å². The van der Waals surface area contributed by atoms with Gasteiger partial charge in [0.1, 0.15) is 12.4 Å². The summed E-state index contributed by atoms with van der Waals surface area (Å²) >= 11 is 0. The van der Waals surface area contributed by atoms with Crippen molar-refractivity contribution < 1.29 is 18.6 Å². The first-order valence-electron chi connectivity index (χ1n) is 4.28. The van der Waals surface area contributed by atoms with Gasteiger partial charge in [-0.2, -0.15) is 0 Å². The van der Waals surface area contributed by atoms with Gasteiger partial charge in [-0.05, 0) is 24.6 Å². The Morgan fingerprint density at radius 3 is 2.71 bits per heavy atom. The minimum atomic E-state index is -2.48. The van der Waals surface area contributed by atoms with Crippen LogP contribution in [0.1, 0.15) is 18.6 Å². The second-order valence-corrected chi connectivity index (χ2v) is 2.95. The summed E-state index contributed by atoms with van der Waals surface area (Å²) in [6.45, 7) is 0.982. The third-order valence-electron chi connectivity index (χ3n) is 1.72. The average molecular weight is 202 g/mol. The Hall–Kier alpha value is -1.16. The first-order valence-corrected chi connectivity index (χ1v) is 4.28. The van der Waals surface area contributed by atoms with Gasteiger partial charge in [0.15, 0.2) is 0 Å². The Morgan fingerprint density at radius 1 is 1.43 bits per heavy atom. The molecule has 0 bridgehead atoms. The largest absolute Gasteiger partial charge is 0.488 e. The van der Waals surface area contributed by atoms with E-state index in [0.717, 1.165) is 0 Å². The Balaban J connectivity index is 2.64. The fraction of sp³-hybridized carbons (Fsp3) is 0.400. The number of hydrogen-bond acceptors (Lipinski definition) is 2. The molecule has 0 amide bonds. The van der Waals surface area contributed by atoms with E-state index in [0.29, 0.717) is 11.3 Å². The summed E-state index contributed by atoms with van der Waals surface area (Å²) in [6, 6.07) is 6.49. The standard InChI is InChI=1S/C10H12F2O2/c1-7(13)8-3-2-4-9(5-8)14-6-10(11)12/h2-5,7,10,13H,6H2,1H3/t7-/m1/s1. The summed E-state index contributed by atoms with van der Waals surface area (Å²) in [5.41, 5.74) is 0.650. The number of alkyl halides is 2. The zero-order chi connectivity index (χ0) is 10.6. The highest BCUT2D eigenvalue weighted by Crippen LogP contribution is 2.19. The molecule has 0 aliphatic carbocycles. The van der Waals surface area contributed by atoms with Gasteiger partial charge in [-0.15, -0.1) is 0 Å². The van der Waals surface area contributed by atoms with E-state index in [1.165, 1.54) is 0 Å². The zero-order valence-electron chi connectivity index (χ0n) is 7.78. The van der Waals surface area contributed by atoms with Gasteiger partial charge in [0, 0.05) is 0 Å². The Bertz CT molecular complexity index is 287. The second-order valence-electron chi connectivity index (χ2n) is 2.95. The molecule has 0 saturated carbocycles. The fourth-order valence-corrected chi connectivity index (χ4v) is 1.02. The van der Waals surface area contributed by atoms with Gasteiger partial charge in [-0.1, -0.05) is 12.1 Å². The van der Waals surface area contributed by atoms with E-state index in [4.69, 9.17) is 4.74 Å². The third-order valence-corrected chi connectivity index (χ3v) is 1.72. The van der Waals surface area contributed by atoms with Crippen LogP contribution in [0.25, 0.3) is 0 Å². The predicted molar refractivity (Wildman–Crippen MR) is 48.6 cm³/mol. The number of aliphatic hydroxyl groups excluding tert-OH is 1. The Morgan fingerprint density at radius 2 is 2.14 bits per heavy atom. The molecule has 1 N–H and O–H groups in total. The Kier molecular flexibility index (Phi) is 3.83. The molecule has 0 radical (unpaired) electrons. The Labute approximate surface area is 81.1 Å². The maximum absolute atomic E-state index is 11.8. The summed E-state index contributed by atoms with van der Waals surface area (Å²) in [4.78, 5) is 0. The molecular formula is C10H12F2O2. The molecule has 0 unspecified atom stereocenters. The van der Waals surface area contributed by atoms with E-state index < -0.39 is 19.1 Å². The van der Waals surface area contributed by atoms with E-state index in [2.05, 4.69) is 0 Å². The van der Waals surface area contributed by atoms with Gasteiger partial charge in [-0.25, -0.2) is 8.78 Å². The molecule has 1 aromatic carbocycles. The maximum atomic E-state index is 11.8. The highest BCUT2D eigenvalue weighted by Gasteiger charge is 2.05. The van der Waals surface area contributed by atoms with Gasteiger partial charge in [0.2, 0.25) is 0 Å². The van der Waals surface area contributed by atoms with Crippen LogP contribution < -0.4 is 4.74 Å². The van der Waals surface area contributed by atoms with Gasteiger partial charge >= 0.3 is 0 Å². The van der Waals surface area contributed by atoms with Crippen LogP contribution in [0.15, 0.2) is 24.3 Å². The number of ether oxygens (including phenoxy) is 1. The van der Waals surface area contributed by atoms with E-state index in [-0.39, 0.29) is 0 Å². The van der Waals surface area contributed by atoms with Crippen molar-refractivity contribution in [3.63, 3.8) is 0 Å². The quantitative estimate of drug-likeness (QED) is 0.812. The lowest BCUT2D eigenvalue weighted by Gasteiger charge is -2.08. The molecule has 0 aliphatic rings. The molecule has 0 saturated heterocycles. The van der Waals surface area contributed by atoms with Gasteiger partial charge in [0.05, 0.1) is 6.10 Å². The van der Waals surface area contributed by atoms with Crippen molar-refractivity contribution >= 4 is 0 Å². The smallest absolute Gasteiger partial charge is 0.272 e. The molecule has 78 valence electrons. The van der Waals surface area contributed by atoms with E-state index in [9.17, 15) is 13.9 Å². The first kappa shape index (κ1) is 10.9. The van der Waals surface area contributed by atoms with Crippen molar-refractivity contribution in [1.82, 2.24) is 0 Å². The lowest BCUT2D eigenvalue weighted by atomic mass is 10.1. The monoisotopic (exact) mass is 202 g/mol. The maximum Gasteiger partial charge on any atom is 0.272 e. The lowest BCUT2D eigenvalue weighted by molar-refractivity contribution is 0.0817. The number of benzene rings is 1. The van der Waals surface area contributed by atoms with Crippen LogP contribution in [-0.2, 0) is 0 Å². The summed E-state index contributed by atoms with van der Waals surface area (Å²) in [5, 5.41) is 9.22. The molecule has 14 heavy (non-hydrogen) atoms. The summed E-state index contributed by atoms with van der Waals surface area (Å²) in [6.07, 6.45) is -3.10. The van der Waals surface area contributed by atoms with Crippen LogP contribution >= 0.6 is 0 Å². The van der Waals surface area contributed by atoms with Crippen molar-refractivity contribution in [2.75, 3.05) is 6.61 Å². The number of aliphatic hydroxyl groups is 1. The normalized spacial score (nSPS) is 12.9. The van der Waals surface area contributed by atoms with Crippen LogP contribution in [-0.4, -0.2) is 18.1 Å². The van der Waals surface area contributed by atoms with Crippen LogP contribution in [0, 0.1) is 0 Å². The summed E-state index contributed by atoms with van der Waals surface area (Å²) in [5.74, 6) is 0.351. The molecule has 4 heteroatoms. The second kappa shape index (κ2) is 4.91. The van der Waals surface area contributed by atoms with Gasteiger partial charge < -0.3 is 9.84 Å². The van der Waals surface area contributed by atoms with Gasteiger partial charge in [0.25, 0.3) is 6.43 Å². The van der Waals surface area contributed by atoms with Crippen molar-refractivity contribution in [3.8, 4) is 5.75 Å². The fourth-order valence-electron chi connectivity index (χ4n) is 1.02. The lowest BCUT2D eigenvalue weighted by Crippen LogP contribution is -2.07. The molecule has 2 nitrogen and oxygen atoms in total. The van der Waals surface area contributed by atoms with E-state index >= 15 is 0 Å². The third kappa shape index (κ3) is 3.30. The average Bonchev–Trinajstić information content (AvgIpc) is 2.15. The van der Waals surface area contributed by atoms with Crippen LogP contribution in [0.5, 0.6) is 5.75 Å². The minimum absolute atomic E-state index is 0.351. The van der Waals surface area contributed by atoms with Gasteiger partial charge in [-0.3, -0.25) is 0 Å².